The van der Waals surface area contributed by atoms with E-state index >= 15 is 0 Å². The Balaban J connectivity index is 2.09. The Bertz CT molecular complexity index is 459. The maximum Gasteiger partial charge on any atom is 0.203 e. The third-order valence-corrected chi connectivity index (χ3v) is 2.85. The largest absolute Gasteiger partial charge is 0.356 e. The van der Waals surface area contributed by atoms with E-state index in [-0.39, 0.29) is 0 Å². The van der Waals surface area contributed by atoms with Crippen LogP contribution in [0.3, 0.4) is 0 Å². The number of imidazole rings is 1. The first-order chi connectivity index (χ1) is 7.83. The van der Waals surface area contributed by atoms with Gasteiger partial charge in [0.1, 0.15) is 0 Å². The topological polar surface area (TPSA) is 29.9 Å². The molecule has 0 fully saturated rings. The van der Waals surface area contributed by atoms with E-state index in [4.69, 9.17) is 0 Å². The van der Waals surface area contributed by atoms with E-state index in [2.05, 4.69) is 34.9 Å². The van der Waals surface area contributed by atoms with Gasteiger partial charge in [0.15, 0.2) is 0 Å². The zero-order valence-corrected chi connectivity index (χ0v) is 10.0. The normalized spacial score (nSPS) is 10.9. The van der Waals surface area contributed by atoms with Crippen LogP contribution in [0, 0.1) is 0 Å². The average Bonchev–Trinajstić information content (AvgIpc) is 2.63. The van der Waals surface area contributed by atoms with Crippen LogP contribution in [-0.4, -0.2) is 16.1 Å². The molecule has 0 aliphatic rings. The van der Waals surface area contributed by atoms with Gasteiger partial charge in [-0.1, -0.05) is 31.9 Å². The number of para-hydroxylation sites is 2. The van der Waals surface area contributed by atoms with Crippen molar-refractivity contribution in [2.75, 3.05) is 11.9 Å². The highest BCUT2D eigenvalue weighted by Crippen LogP contribution is 2.17. The Kier molecular flexibility index (Phi) is 3.44. The first kappa shape index (κ1) is 11.0. The van der Waals surface area contributed by atoms with Crippen molar-refractivity contribution in [2.24, 2.45) is 7.05 Å². The van der Waals surface area contributed by atoms with Gasteiger partial charge in [0.2, 0.25) is 5.95 Å². The molecule has 0 spiro atoms. The van der Waals surface area contributed by atoms with Gasteiger partial charge in [0.25, 0.3) is 0 Å². The van der Waals surface area contributed by atoms with Crippen molar-refractivity contribution in [3.05, 3.63) is 24.3 Å². The monoisotopic (exact) mass is 217 g/mol. The fourth-order valence-corrected chi connectivity index (χ4v) is 1.88. The SMILES string of the molecule is CCCCCNc1nc2ccccc2n1C. The van der Waals surface area contributed by atoms with E-state index < -0.39 is 0 Å². The van der Waals surface area contributed by atoms with E-state index in [1.165, 1.54) is 24.8 Å². The molecule has 0 radical (unpaired) electrons. The Morgan fingerprint density at radius 3 is 2.81 bits per heavy atom. The van der Waals surface area contributed by atoms with Crippen molar-refractivity contribution in [3.8, 4) is 0 Å². The molecule has 0 saturated heterocycles. The second-order valence-electron chi connectivity index (χ2n) is 4.12. The van der Waals surface area contributed by atoms with Gasteiger partial charge in [-0.15, -0.1) is 0 Å². The summed E-state index contributed by atoms with van der Waals surface area (Å²) in [4.78, 5) is 4.56. The molecule has 0 amide bonds. The van der Waals surface area contributed by atoms with E-state index in [0.29, 0.717) is 0 Å². The van der Waals surface area contributed by atoms with E-state index in [1.807, 2.05) is 18.2 Å². The number of nitrogens with zero attached hydrogens (tertiary/aromatic N) is 2. The lowest BCUT2D eigenvalue weighted by molar-refractivity contribution is 0.737. The minimum Gasteiger partial charge on any atom is -0.356 e. The predicted molar refractivity (Wildman–Crippen MR) is 68.7 cm³/mol. The van der Waals surface area contributed by atoms with Crippen LogP contribution in [0.4, 0.5) is 5.95 Å². The molecule has 0 atom stereocenters. The van der Waals surface area contributed by atoms with Crippen LogP contribution in [-0.2, 0) is 7.05 Å². The van der Waals surface area contributed by atoms with Crippen molar-refractivity contribution in [1.82, 2.24) is 9.55 Å². The van der Waals surface area contributed by atoms with E-state index in [1.54, 1.807) is 0 Å². The van der Waals surface area contributed by atoms with Gasteiger partial charge in [-0.3, -0.25) is 0 Å². The number of hydrogen-bond acceptors (Lipinski definition) is 2. The number of rotatable bonds is 5. The minimum atomic E-state index is 0.970. The zero-order chi connectivity index (χ0) is 11.4. The van der Waals surface area contributed by atoms with Crippen molar-refractivity contribution in [2.45, 2.75) is 26.2 Å². The third-order valence-electron chi connectivity index (χ3n) is 2.85. The highest BCUT2D eigenvalue weighted by molar-refractivity contribution is 5.78. The number of hydrogen-bond donors (Lipinski definition) is 1. The second-order valence-corrected chi connectivity index (χ2v) is 4.12. The molecule has 2 aromatic rings. The molecule has 0 unspecified atom stereocenters. The van der Waals surface area contributed by atoms with Gasteiger partial charge in [-0.05, 0) is 18.6 Å². The summed E-state index contributed by atoms with van der Waals surface area (Å²) in [5.74, 6) is 0.970. The molecule has 0 aliphatic heterocycles. The van der Waals surface area contributed by atoms with E-state index in [0.717, 1.165) is 18.0 Å². The fraction of sp³-hybridized carbons (Fsp3) is 0.462. The Morgan fingerprint density at radius 1 is 1.25 bits per heavy atom. The van der Waals surface area contributed by atoms with Crippen molar-refractivity contribution in [1.29, 1.82) is 0 Å². The predicted octanol–water partition coefficient (Wildman–Crippen LogP) is 3.18. The number of nitrogens with one attached hydrogen (secondary N) is 1. The van der Waals surface area contributed by atoms with Gasteiger partial charge in [-0.2, -0.15) is 0 Å². The van der Waals surface area contributed by atoms with Gasteiger partial charge >= 0.3 is 0 Å². The maximum atomic E-state index is 4.56. The minimum absolute atomic E-state index is 0.970. The number of unbranched alkanes of at least 4 members (excludes halogenated alkanes) is 2. The molecule has 3 nitrogen and oxygen atoms in total. The lowest BCUT2D eigenvalue weighted by Gasteiger charge is -2.05. The lowest BCUT2D eigenvalue weighted by atomic mass is 10.2. The summed E-state index contributed by atoms with van der Waals surface area (Å²) < 4.78 is 2.11. The lowest BCUT2D eigenvalue weighted by Crippen LogP contribution is -2.06. The Morgan fingerprint density at radius 2 is 2.06 bits per heavy atom. The molecular formula is C13H19N3. The molecular weight excluding hydrogens is 198 g/mol. The molecule has 2 rings (SSSR count). The van der Waals surface area contributed by atoms with E-state index in [9.17, 15) is 0 Å². The van der Waals surface area contributed by atoms with Crippen molar-refractivity contribution < 1.29 is 0 Å². The van der Waals surface area contributed by atoms with Crippen LogP contribution in [0.5, 0.6) is 0 Å². The zero-order valence-electron chi connectivity index (χ0n) is 10.0. The van der Waals surface area contributed by atoms with Gasteiger partial charge in [-0.25, -0.2) is 4.98 Å². The summed E-state index contributed by atoms with van der Waals surface area (Å²) in [5.41, 5.74) is 2.24. The average molecular weight is 217 g/mol. The van der Waals surface area contributed by atoms with Crippen LogP contribution in [0.1, 0.15) is 26.2 Å². The summed E-state index contributed by atoms with van der Waals surface area (Å²) in [6.45, 7) is 3.22. The molecule has 1 aromatic carbocycles. The van der Waals surface area contributed by atoms with Crippen LogP contribution in [0.25, 0.3) is 11.0 Å². The first-order valence-corrected chi connectivity index (χ1v) is 5.98. The Hall–Kier alpha value is -1.51. The molecule has 3 heteroatoms. The molecule has 16 heavy (non-hydrogen) atoms. The van der Waals surface area contributed by atoms with Crippen molar-refractivity contribution in [3.63, 3.8) is 0 Å². The third kappa shape index (κ3) is 2.18. The number of anilines is 1. The van der Waals surface area contributed by atoms with Crippen LogP contribution in [0.2, 0.25) is 0 Å². The summed E-state index contributed by atoms with van der Waals surface area (Å²) in [6.07, 6.45) is 3.74. The quantitative estimate of drug-likeness (QED) is 0.779. The molecule has 86 valence electrons. The highest BCUT2D eigenvalue weighted by atomic mass is 15.2. The molecule has 0 saturated carbocycles. The standard InChI is InChI=1S/C13H19N3/c1-3-4-7-10-14-13-15-11-8-5-6-9-12(11)16(13)2/h5-6,8-9H,3-4,7,10H2,1-2H3,(H,14,15). The van der Waals surface area contributed by atoms with Gasteiger partial charge in [0, 0.05) is 13.6 Å². The molecule has 1 heterocycles. The van der Waals surface area contributed by atoms with Crippen LogP contribution in [0.15, 0.2) is 24.3 Å². The number of benzene rings is 1. The highest BCUT2D eigenvalue weighted by Gasteiger charge is 2.05. The molecule has 1 aromatic heterocycles. The first-order valence-electron chi connectivity index (χ1n) is 5.98. The fourth-order valence-electron chi connectivity index (χ4n) is 1.88. The van der Waals surface area contributed by atoms with Crippen molar-refractivity contribution >= 4 is 17.0 Å². The van der Waals surface area contributed by atoms with Gasteiger partial charge in [0.05, 0.1) is 11.0 Å². The van der Waals surface area contributed by atoms with Crippen LogP contribution >= 0.6 is 0 Å². The smallest absolute Gasteiger partial charge is 0.203 e. The summed E-state index contributed by atoms with van der Waals surface area (Å²) in [7, 11) is 2.05. The summed E-state index contributed by atoms with van der Waals surface area (Å²) >= 11 is 0. The molecule has 1 N–H and O–H groups in total. The van der Waals surface area contributed by atoms with Gasteiger partial charge < -0.3 is 9.88 Å². The Labute approximate surface area is 96.5 Å². The van der Waals surface area contributed by atoms with Crippen LogP contribution < -0.4 is 5.32 Å². The second kappa shape index (κ2) is 5.01. The maximum absolute atomic E-state index is 4.56. The molecule has 0 aliphatic carbocycles. The number of aryl methyl sites for hydroxylation is 1. The summed E-state index contributed by atoms with van der Waals surface area (Å²) in [5, 5.41) is 3.39. The summed E-state index contributed by atoms with van der Waals surface area (Å²) in [6, 6.07) is 8.22. The number of fused-ring (bicyclic) bond motifs is 1. The number of aromatic nitrogens is 2. The molecule has 0 bridgehead atoms.